The minimum atomic E-state index is -0.465. The summed E-state index contributed by atoms with van der Waals surface area (Å²) in [5.74, 6) is 1.14. The molecule has 0 saturated carbocycles. The molecule has 100 valence electrons. The van der Waals surface area contributed by atoms with Gasteiger partial charge in [-0.1, -0.05) is 25.4 Å². The molecular formula is C13H18ClNO3. The van der Waals surface area contributed by atoms with Crippen molar-refractivity contribution in [2.24, 2.45) is 11.1 Å². The highest BCUT2D eigenvalue weighted by molar-refractivity contribution is 6.32. The van der Waals surface area contributed by atoms with E-state index in [0.717, 1.165) is 5.56 Å². The van der Waals surface area contributed by atoms with Gasteiger partial charge >= 0.3 is 0 Å². The highest BCUT2D eigenvalue weighted by Gasteiger charge is 2.27. The van der Waals surface area contributed by atoms with E-state index in [0.29, 0.717) is 29.7 Å². The Kier molecular flexibility index (Phi) is 3.71. The third-order valence-corrected chi connectivity index (χ3v) is 3.16. The van der Waals surface area contributed by atoms with Gasteiger partial charge in [0.05, 0.1) is 30.9 Å². The molecule has 0 aromatic heterocycles. The molecule has 1 atom stereocenters. The predicted molar refractivity (Wildman–Crippen MR) is 70.2 cm³/mol. The molecule has 18 heavy (non-hydrogen) atoms. The first-order valence-electron chi connectivity index (χ1n) is 5.88. The fourth-order valence-electron chi connectivity index (χ4n) is 1.74. The zero-order valence-electron chi connectivity index (χ0n) is 10.6. The number of fused-ring (bicyclic) bond motifs is 1. The van der Waals surface area contributed by atoms with Gasteiger partial charge in [0.1, 0.15) is 0 Å². The summed E-state index contributed by atoms with van der Waals surface area (Å²) in [6, 6.07) is 3.03. The molecule has 1 aliphatic rings. The summed E-state index contributed by atoms with van der Waals surface area (Å²) in [4.78, 5) is 0. The predicted octanol–water partition coefficient (Wildman–Crippen LogP) is 2.13. The topological polar surface area (TPSA) is 64.7 Å². The smallest absolute Gasteiger partial charge is 0.179 e. The van der Waals surface area contributed by atoms with Gasteiger partial charge in [0.15, 0.2) is 11.5 Å². The van der Waals surface area contributed by atoms with Crippen LogP contribution in [-0.4, -0.2) is 24.9 Å². The lowest BCUT2D eigenvalue weighted by molar-refractivity contribution is 0.140. The van der Waals surface area contributed by atoms with E-state index in [9.17, 15) is 0 Å². The van der Waals surface area contributed by atoms with Gasteiger partial charge in [-0.25, -0.2) is 0 Å². The normalized spacial score (nSPS) is 19.2. The third-order valence-electron chi connectivity index (χ3n) is 2.88. The van der Waals surface area contributed by atoms with Crippen molar-refractivity contribution in [3.8, 4) is 11.5 Å². The highest BCUT2D eigenvalue weighted by atomic mass is 35.5. The molecule has 1 aromatic carbocycles. The van der Waals surface area contributed by atoms with Gasteiger partial charge < -0.3 is 20.3 Å². The van der Waals surface area contributed by atoms with Crippen LogP contribution in [0.2, 0.25) is 5.02 Å². The van der Waals surface area contributed by atoms with Crippen molar-refractivity contribution in [1.29, 1.82) is 0 Å². The summed E-state index contributed by atoms with van der Waals surface area (Å²) >= 11 is 6.17. The van der Waals surface area contributed by atoms with Gasteiger partial charge in [0.2, 0.25) is 0 Å². The summed E-state index contributed by atoms with van der Waals surface area (Å²) < 4.78 is 11.4. The standard InChI is InChI=1S/C13H18ClNO3/c1-13(2)6-17-11-4-8(10(15)5-16)3-9(14)12(11)18-7-13/h3-4,10,16H,5-7,15H2,1-2H3. The number of hydrogen-bond donors (Lipinski definition) is 2. The van der Waals surface area contributed by atoms with Gasteiger partial charge in [-0.15, -0.1) is 0 Å². The lowest BCUT2D eigenvalue weighted by Crippen LogP contribution is -2.26. The second kappa shape index (κ2) is 4.96. The van der Waals surface area contributed by atoms with Crippen LogP contribution >= 0.6 is 11.6 Å². The summed E-state index contributed by atoms with van der Waals surface area (Å²) in [6.45, 7) is 5.08. The van der Waals surface area contributed by atoms with Crippen LogP contribution in [0.4, 0.5) is 0 Å². The molecule has 0 bridgehead atoms. The van der Waals surface area contributed by atoms with E-state index in [-0.39, 0.29) is 12.0 Å². The number of aliphatic hydroxyl groups is 1. The largest absolute Gasteiger partial charge is 0.489 e. The Labute approximate surface area is 112 Å². The number of ether oxygens (including phenoxy) is 2. The molecule has 4 nitrogen and oxygen atoms in total. The molecule has 0 spiro atoms. The average molecular weight is 272 g/mol. The maximum atomic E-state index is 9.08. The van der Waals surface area contributed by atoms with Crippen LogP contribution in [0.15, 0.2) is 12.1 Å². The van der Waals surface area contributed by atoms with E-state index in [1.54, 1.807) is 12.1 Å². The Morgan fingerprint density at radius 1 is 1.39 bits per heavy atom. The third kappa shape index (κ3) is 2.71. The van der Waals surface area contributed by atoms with Gasteiger partial charge in [0.25, 0.3) is 0 Å². The van der Waals surface area contributed by atoms with Crippen molar-refractivity contribution in [3.05, 3.63) is 22.7 Å². The Hall–Kier alpha value is -0.970. The van der Waals surface area contributed by atoms with Crippen molar-refractivity contribution >= 4 is 11.6 Å². The fraction of sp³-hybridized carbons (Fsp3) is 0.538. The Morgan fingerprint density at radius 3 is 2.72 bits per heavy atom. The molecule has 5 heteroatoms. The highest BCUT2D eigenvalue weighted by Crippen LogP contribution is 2.41. The van der Waals surface area contributed by atoms with Crippen LogP contribution in [0.25, 0.3) is 0 Å². The number of rotatable bonds is 2. The fourth-order valence-corrected chi connectivity index (χ4v) is 2.01. The van der Waals surface area contributed by atoms with Crippen LogP contribution in [0.3, 0.4) is 0 Å². The minimum Gasteiger partial charge on any atom is -0.489 e. The first kappa shape index (κ1) is 13.5. The van der Waals surface area contributed by atoms with Gasteiger partial charge in [0, 0.05) is 5.41 Å². The Morgan fingerprint density at radius 2 is 2.06 bits per heavy atom. The lowest BCUT2D eigenvalue weighted by atomic mass is 9.97. The molecule has 1 aliphatic heterocycles. The van der Waals surface area contributed by atoms with Crippen molar-refractivity contribution in [1.82, 2.24) is 0 Å². The van der Waals surface area contributed by atoms with E-state index in [4.69, 9.17) is 31.9 Å². The maximum Gasteiger partial charge on any atom is 0.179 e. The molecule has 1 heterocycles. The summed E-state index contributed by atoms with van der Waals surface area (Å²) in [6.07, 6.45) is 0. The van der Waals surface area contributed by atoms with Crippen molar-refractivity contribution in [2.45, 2.75) is 19.9 Å². The number of benzene rings is 1. The SMILES string of the molecule is CC1(C)COc2cc(C(N)CO)cc(Cl)c2OC1. The zero-order valence-corrected chi connectivity index (χ0v) is 11.3. The number of halogens is 1. The van der Waals surface area contributed by atoms with Gasteiger partial charge in [-0.3, -0.25) is 0 Å². The molecule has 3 N–H and O–H groups in total. The lowest BCUT2D eigenvalue weighted by Gasteiger charge is -2.19. The number of nitrogens with two attached hydrogens (primary N) is 1. The van der Waals surface area contributed by atoms with E-state index in [1.165, 1.54) is 0 Å². The molecule has 0 amide bonds. The van der Waals surface area contributed by atoms with Crippen LogP contribution < -0.4 is 15.2 Å². The molecule has 1 unspecified atom stereocenters. The first-order chi connectivity index (χ1) is 8.43. The molecule has 0 radical (unpaired) electrons. The van der Waals surface area contributed by atoms with Crippen LogP contribution in [-0.2, 0) is 0 Å². The average Bonchev–Trinajstić information content (AvgIpc) is 2.48. The second-order valence-electron chi connectivity index (χ2n) is 5.36. The van der Waals surface area contributed by atoms with Gasteiger partial charge in [-0.2, -0.15) is 0 Å². The number of hydrogen-bond acceptors (Lipinski definition) is 4. The van der Waals surface area contributed by atoms with Crippen LogP contribution in [0.5, 0.6) is 11.5 Å². The van der Waals surface area contributed by atoms with Crippen LogP contribution in [0.1, 0.15) is 25.5 Å². The monoisotopic (exact) mass is 271 g/mol. The molecule has 0 aliphatic carbocycles. The minimum absolute atomic E-state index is 0.0679. The van der Waals surface area contributed by atoms with Crippen molar-refractivity contribution in [2.75, 3.05) is 19.8 Å². The summed E-state index contributed by atoms with van der Waals surface area (Å²) in [7, 11) is 0. The quantitative estimate of drug-likeness (QED) is 0.865. The van der Waals surface area contributed by atoms with E-state index >= 15 is 0 Å². The molecule has 2 rings (SSSR count). The van der Waals surface area contributed by atoms with Gasteiger partial charge in [-0.05, 0) is 17.7 Å². The van der Waals surface area contributed by atoms with Crippen molar-refractivity contribution in [3.63, 3.8) is 0 Å². The summed E-state index contributed by atoms with van der Waals surface area (Å²) in [5, 5.41) is 9.54. The molecule has 0 saturated heterocycles. The zero-order chi connectivity index (χ0) is 13.3. The molecular weight excluding hydrogens is 254 g/mol. The molecule has 0 fully saturated rings. The van der Waals surface area contributed by atoms with Crippen molar-refractivity contribution < 1.29 is 14.6 Å². The Balaban J connectivity index is 2.37. The number of aliphatic hydroxyl groups excluding tert-OH is 1. The maximum absolute atomic E-state index is 9.08. The first-order valence-corrected chi connectivity index (χ1v) is 6.26. The Bertz CT molecular complexity index is 448. The van der Waals surface area contributed by atoms with Crippen LogP contribution in [0, 0.1) is 5.41 Å². The van der Waals surface area contributed by atoms with E-state index in [1.807, 2.05) is 0 Å². The second-order valence-corrected chi connectivity index (χ2v) is 5.77. The van der Waals surface area contributed by atoms with E-state index < -0.39 is 6.04 Å². The summed E-state index contributed by atoms with van der Waals surface area (Å²) in [5.41, 5.74) is 6.46. The molecule has 1 aromatic rings. The van der Waals surface area contributed by atoms with E-state index in [2.05, 4.69) is 13.8 Å².